The second-order valence-corrected chi connectivity index (χ2v) is 7.02. The number of alkyl halides is 1. The highest BCUT2D eigenvalue weighted by Crippen LogP contribution is 2.28. The Morgan fingerprint density at radius 2 is 1.95 bits per heavy atom. The first-order chi connectivity index (χ1) is 9.31. The van der Waals surface area contributed by atoms with E-state index in [0.29, 0.717) is 5.92 Å². The second kappa shape index (κ2) is 8.08. The molecule has 0 bridgehead atoms. The summed E-state index contributed by atoms with van der Waals surface area (Å²) in [5.41, 5.74) is -0.536. The molecule has 1 fully saturated rings. The maximum Gasteiger partial charge on any atom is 0.407 e. The Kier molecular flexibility index (Phi) is 7.10. The molecule has 20 heavy (non-hydrogen) atoms. The maximum atomic E-state index is 11.8. The fraction of sp³-hybridized carbons (Fsp3) is 0.933. The molecule has 4 nitrogen and oxygen atoms in total. The van der Waals surface area contributed by atoms with Gasteiger partial charge >= 0.3 is 6.09 Å². The van der Waals surface area contributed by atoms with Crippen LogP contribution in [0.5, 0.6) is 0 Å². The lowest BCUT2D eigenvalue weighted by Gasteiger charge is -2.30. The van der Waals surface area contributed by atoms with Crippen LogP contribution in [0.3, 0.4) is 0 Å². The van der Waals surface area contributed by atoms with E-state index in [1.54, 1.807) is 0 Å². The van der Waals surface area contributed by atoms with Gasteiger partial charge < -0.3 is 15.2 Å². The molecule has 0 aromatic rings. The summed E-state index contributed by atoms with van der Waals surface area (Å²) in [5, 5.41) is 12.8. The van der Waals surface area contributed by atoms with E-state index in [2.05, 4.69) is 5.32 Å². The Hall–Kier alpha value is -0.480. The van der Waals surface area contributed by atoms with E-state index in [9.17, 15) is 9.90 Å². The van der Waals surface area contributed by atoms with Crippen LogP contribution >= 0.6 is 11.6 Å². The van der Waals surface area contributed by atoms with Crippen LogP contribution in [-0.4, -0.2) is 34.8 Å². The van der Waals surface area contributed by atoms with E-state index >= 15 is 0 Å². The molecule has 0 saturated heterocycles. The lowest BCUT2D eigenvalue weighted by atomic mass is 9.84. The van der Waals surface area contributed by atoms with Crippen molar-refractivity contribution in [2.75, 3.05) is 5.88 Å². The Morgan fingerprint density at radius 3 is 2.45 bits per heavy atom. The number of aliphatic hydroxyl groups is 1. The summed E-state index contributed by atoms with van der Waals surface area (Å²) >= 11 is 5.74. The summed E-state index contributed by atoms with van der Waals surface area (Å²) in [5.74, 6) is 0.675. The SMILES string of the molecule is CC(C)(C)OC(=O)N[C@@H](CC1CCCCC1)C(O)CCl. The van der Waals surface area contributed by atoms with Gasteiger partial charge in [0.2, 0.25) is 0 Å². The van der Waals surface area contributed by atoms with Crippen LogP contribution in [0, 0.1) is 5.92 Å². The van der Waals surface area contributed by atoms with E-state index in [1.165, 1.54) is 32.1 Å². The minimum Gasteiger partial charge on any atom is -0.444 e. The molecule has 0 radical (unpaired) electrons. The van der Waals surface area contributed by atoms with Gasteiger partial charge in [-0.05, 0) is 33.1 Å². The second-order valence-electron chi connectivity index (χ2n) is 6.71. The summed E-state index contributed by atoms with van der Waals surface area (Å²) in [6.07, 6.45) is 5.66. The van der Waals surface area contributed by atoms with Crippen molar-refractivity contribution in [1.82, 2.24) is 5.32 Å². The highest BCUT2D eigenvalue weighted by molar-refractivity contribution is 6.18. The molecule has 5 heteroatoms. The number of nitrogens with one attached hydrogen (secondary N) is 1. The maximum absolute atomic E-state index is 11.8. The molecule has 0 spiro atoms. The number of ether oxygens (including phenoxy) is 1. The number of hydrogen-bond donors (Lipinski definition) is 2. The van der Waals surface area contributed by atoms with Gasteiger partial charge in [-0.3, -0.25) is 0 Å². The van der Waals surface area contributed by atoms with Gasteiger partial charge in [0.1, 0.15) is 5.60 Å². The van der Waals surface area contributed by atoms with E-state index in [0.717, 1.165) is 6.42 Å². The third-order valence-corrected chi connectivity index (χ3v) is 3.95. The van der Waals surface area contributed by atoms with Gasteiger partial charge in [-0.15, -0.1) is 11.6 Å². The summed E-state index contributed by atoms with van der Waals surface area (Å²) in [6, 6.07) is -0.328. The van der Waals surface area contributed by atoms with Gasteiger partial charge in [0.15, 0.2) is 0 Å². The van der Waals surface area contributed by atoms with Crippen molar-refractivity contribution >= 4 is 17.7 Å². The zero-order valence-corrected chi connectivity index (χ0v) is 13.6. The van der Waals surface area contributed by atoms with Crippen LogP contribution in [0.25, 0.3) is 0 Å². The summed E-state index contributed by atoms with van der Waals surface area (Å²) in [6.45, 7) is 5.46. The first-order valence-corrected chi connectivity index (χ1v) is 8.09. The topological polar surface area (TPSA) is 58.6 Å². The summed E-state index contributed by atoms with van der Waals surface area (Å²) in [4.78, 5) is 11.8. The molecule has 1 saturated carbocycles. The van der Waals surface area contributed by atoms with E-state index in [1.807, 2.05) is 20.8 Å². The number of alkyl carbamates (subject to hydrolysis) is 1. The van der Waals surface area contributed by atoms with Crippen molar-refractivity contribution in [3.63, 3.8) is 0 Å². The summed E-state index contributed by atoms with van der Waals surface area (Å²) in [7, 11) is 0. The number of carbonyl (C=O) groups is 1. The molecule has 1 rings (SSSR count). The van der Waals surface area contributed by atoms with Crippen LogP contribution < -0.4 is 5.32 Å². The molecule has 1 amide bonds. The van der Waals surface area contributed by atoms with Crippen LogP contribution in [0.1, 0.15) is 59.3 Å². The molecule has 0 aromatic heterocycles. The average molecular weight is 306 g/mol. The fourth-order valence-corrected chi connectivity index (χ4v) is 2.88. The Bertz CT molecular complexity index is 298. The Morgan fingerprint density at radius 1 is 1.35 bits per heavy atom. The number of amides is 1. The Balaban J connectivity index is 2.52. The first kappa shape index (κ1) is 17.6. The summed E-state index contributed by atoms with van der Waals surface area (Å²) < 4.78 is 5.25. The molecular weight excluding hydrogens is 278 g/mol. The molecule has 0 heterocycles. The normalized spacial score (nSPS) is 20.2. The van der Waals surface area contributed by atoms with Gasteiger partial charge in [0.25, 0.3) is 0 Å². The van der Waals surface area contributed by atoms with Crippen molar-refractivity contribution in [2.24, 2.45) is 5.92 Å². The van der Waals surface area contributed by atoms with Gasteiger partial charge in [-0.2, -0.15) is 0 Å². The van der Waals surface area contributed by atoms with Crippen molar-refractivity contribution in [3.8, 4) is 0 Å². The largest absolute Gasteiger partial charge is 0.444 e. The van der Waals surface area contributed by atoms with Crippen LogP contribution in [0.15, 0.2) is 0 Å². The monoisotopic (exact) mass is 305 g/mol. The van der Waals surface area contributed by atoms with Crippen molar-refractivity contribution in [3.05, 3.63) is 0 Å². The molecular formula is C15H28ClNO3. The molecule has 2 N–H and O–H groups in total. The number of hydrogen-bond acceptors (Lipinski definition) is 3. The van der Waals surface area contributed by atoms with Crippen molar-refractivity contribution in [1.29, 1.82) is 0 Å². The minimum atomic E-state index is -0.730. The van der Waals surface area contributed by atoms with E-state index in [-0.39, 0.29) is 11.9 Å². The van der Waals surface area contributed by atoms with Gasteiger partial charge in [0.05, 0.1) is 18.0 Å². The van der Waals surface area contributed by atoms with E-state index in [4.69, 9.17) is 16.3 Å². The van der Waals surface area contributed by atoms with Crippen LogP contribution in [0.2, 0.25) is 0 Å². The third-order valence-electron chi connectivity index (χ3n) is 3.64. The highest BCUT2D eigenvalue weighted by atomic mass is 35.5. The van der Waals surface area contributed by atoms with Gasteiger partial charge in [-0.25, -0.2) is 4.79 Å². The minimum absolute atomic E-state index is 0.118. The van der Waals surface area contributed by atoms with Crippen LogP contribution in [0.4, 0.5) is 4.79 Å². The van der Waals surface area contributed by atoms with Crippen molar-refractivity contribution < 1.29 is 14.6 Å². The molecule has 0 aromatic carbocycles. The zero-order valence-electron chi connectivity index (χ0n) is 12.8. The lowest BCUT2D eigenvalue weighted by molar-refractivity contribution is 0.0415. The fourth-order valence-electron chi connectivity index (χ4n) is 2.66. The molecule has 0 aliphatic heterocycles. The standard InChI is InChI=1S/C15H28ClNO3/c1-15(2,3)20-14(19)17-12(13(18)10-16)9-11-7-5-4-6-8-11/h11-13,18H,4-10H2,1-3H3,(H,17,19)/t12-,13?/m0/s1. The first-order valence-electron chi connectivity index (χ1n) is 7.55. The quantitative estimate of drug-likeness (QED) is 0.765. The predicted molar refractivity (Wildman–Crippen MR) is 81.1 cm³/mol. The van der Waals surface area contributed by atoms with Crippen LogP contribution in [-0.2, 0) is 4.74 Å². The number of halogens is 1. The van der Waals surface area contributed by atoms with Gasteiger partial charge in [-0.1, -0.05) is 32.1 Å². The number of aliphatic hydroxyl groups excluding tert-OH is 1. The molecule has 1 unspecified atom stereocenters. The third kappa shape index (κ3) is 6.80. The molecule has 1 aliphatic rings. The van der Waals surface area contributed by atoms with Crippen molar-refractivity contribution in [2.45, 2.75) is 77.0 Å². The number of carbonyl (C=O) groups excluding carboxylic acids is 1. The predicted octanol–water partition coefficient (Wildman–Crippen LogP) is 3.45. The molecule has 118 valence electrons. The lowest BCUT2D eigenvalue weighted by Crippen LogP contribution is -2.47. The van der Waals surface area contributed by atoms with E-state index < -0.39 is 17.8 Å². The Labute approximate surface area is 127 Å². The highest BCUT2D eigenvalue weighted by Gasteiger charge is 2.27. The van der Waals surface area contributed by atoms with Gasteiger partial charge in [0, 0.05) is 0 Å². The molecule has 2 atom stereocenters. The average Bonchev–Trinajstić information content (AvgIpc) is 2.36. The number of rotatable bonds is 5. The zero-order chi connectivity index (χ0) is 15.2. The smallest absolute Gasteiger partial charge is 0.407 e. The molecule has 1 aliphatic carbocycles.